The van der Waals surface area contributed by atoms with Gasteiger partial charge in [-0.3, -0.25) is 14.6 Å². The molecule has 1 saturated heterocycles. The first kappa shape index (κ1) is 15.3. The molecule has 1 aliphatic rings. The molecule has 1 aliphatic heterocycles. The van der Waals surface area contributed by atoms with Crippen LogP contribution in [-0.4, -0.2) is 46.1 Å². The van der Waals surface area contributed by atoms with Crippen molar-refractivity contribution in [2.45, 2.75) is 19.5 Å². The maximum atomic E-state index is 13.0. The average Bonchev–Trinajstić information content (AvgIpc) is 2.84. The van der Waals surface area contributed by atoms with Gasteiger partial charge in [0.05, 0.1) is 5.56 Å². The second kappa shape index (κ2) is 5.01. The summed E-state index contributed by atoms with van der Waals surface area (Å²) in [5.74, 6) is -2.60. The van der Waals surface area contributed by atoms with Gasteiger partial charge in [0.2, 0.25) is 0 Å². The van der Waals surface area contributed by atoms with E-state index < -0.39 is 36.4 Å². The van der Waals surface area contributed by atoms with Gasteiger partial charge >= 0.3 is 12.1 Å². The standard InChI is InChI=1S/C13H13F3N2O3/c1-8-2-3-9(6-17-8)10(19)18-5-4-12(7-18,11(20)21)13(14,15)16/h2-3,6H,4-5,7H2,1H3,(H,20,21). The monoisotopic (exact) mass is 302 g/mol. The van der Waals surface area contributed by atoms with Crippen LogP contribution in [0.25, 0.3) is 0 Å². The zero-order valence-electron chi connectivity index (χ0n) is 11.1. The highest BCUT2D eigenvalue weighted by atomic mass is 19.4. The number of halogens is 3. The quantitative estimate of drug-likeness (QED) is 0.905. The van der Waals surface area contributed by atoms with Crippen molar-refractivity contribution in [3.05, 3.63) is 29.6 Å². The molecule has 21 heavy (non-hydrogen) atoms. The van der Waals surface area contributed by atoms with E-state index in [4.69, 9.17) is 5.11 Å². The van der Waals surface area contributed by atoms with Gasteiger partial charge in [0.25, 0.3) is 5.91 Å². The van der Waals surface area contributed by atoms with Gasteiger partial charge in [0.1, 0.15) is 0 Å². The number of hydrogen-bond acceptors (Lipinski definition) is 3. The highest BCUT2D eigenvalue weighted by Gasteiger charge is 2.64. The summed E-state index contributed by atoms with van der Waals surface area (Å²) in [5.41, 5.74) is -2.08. The first-order chi connectivity index (χ1) is 9.67. The molecule has 1 atom stereocenters. The summed E-state index contributed by atoms with van der Waals surface area (Å²) in [6, 6.07) is 3.02. The lowest BCUT2D eigenvalue weighted by Gasteiger charge is -2.27. The number of hydrogen-bond donors (Lipinski definition) is 1. The molecule has 5 nitrogen and oxygen atoms in total. The number of rotatable bonds is 2. The van der Waals surface area contributed by atoms with E-state index >= 15 is 0 Å². The lowest BCUT2D eigenvalue weighted by Crippen LogP contribution is -2.47. The van der Waals surface area contributed by atoms with Gasteiger partial charge in [0.15, 0.2) is 5.41 Å². The normalized spacial score (nSPS) is 22.4. The van der Waals surface area contributed by atoms with E-state index in [-0.39, 0.29) is 12.1 Å². The van der Waals surface area contributed by atoms with E-state index in [1.807, 2.05) is 0 Å². The van der Waals surface area contributed by atoms with E-state index in [0.29, 0.717) is 5.69 Å². The first-order valence-electron chi connectivity index (χ1n) is 6.19. The van der Waals surface area contributed by atoms with E-state index in [1.165, 1.54) is 12.3 Å². The van der Waals surface area contributed by atoms with Crippen LogP contribution in [0.3, 0.4) is 0 Å². The van der Waals surface area contributed by atoms with E-state index in [1.54, 1.807) is 13.0 Å². The fourth-order valence-corrected chi connectivity index (χ4v) is 2.29. The van der Waals surface area contributed by atoms with Crippen LogP contribution < -0.4 is 0 Å². The largest absolute Gasteiger partial charge is 0.481 e. The first-order valence-corrected chi connectivity index (χ1v) is 6.19. The molecular weight excluding hydrogens is 289 g/mol. The fourth-order valence-electron chi connectivity index (χ4n) is 2.29. The molecule has 0 aliphatic carbocycles. The summed E-state index contributed by atoms with van der Waals surface area (Å²) in [6.07, 6.45) is -4.28. The van der Waals surface area contributed by atoms with Gasteiger partial charge in [-0.1, -0.05) is 0 Å². The van der Waals surface area contributed by atoms with Crippen molar-refractivity contribution < 1.29 is 27.9 Å². The molecule has 1 N–H and O–H groups in total. The minimum absolute atomic E-state index is 0.143. The number of carbonyl (C=O) groups is 2. The molecule has 1 amide bonds. The smallest absolute Gasteiger partial charge is 0.406 e. The SMILES string of the molecule is Cc1ccc(C(=O)N2CCC(C(=O)O)(C(F)(F)F)C2)cn1. The Bertz CT molecular complexity index is 571. The Hall–Kier alpha value is -2.12. The van der Waals surface area contributed by atoms with E-state index in [9.17, 15) is 22.8 Å². The van der Waals surface area contributed by atoms with Crippen LogP contribution in [-0.2, 0) is 4.79 Å². The summed E-state index contributed by atoms with van der Waals surface area (Å²) in [5, 5.41) is 8.94. The molecular formula is C13H13F3N2O3. The number of aliphatic carboxylic acids is 1. The highest BCUT2D eigenvalue weighted by molar-refractivity contribution is 5.94. The lowest BCUT2D eigenvalue weighted by molar-refractivity contribution is -0.227. The maximum absolute atomic E-state index is 13.0. The zero-order chi connectivity index (χ0) is 15.8. The van der Waals surface area contributed by atoms with E-state index in [0.717, 1.165) is 4.90 Å². The van der Waals surface area contributed by atoms with Crippen molar-refractivity contribution in [2.75, 3.05) is 13.1 Å². The Kier molecular flexibility index (Phi) is 3.65. The molecule has 1 aromatic rings. The molecule has 2 heterocycles. The van der Waals surface area contributed by atoms with Crippen molar-refractivity contribution in [3.8, 4) is 0 Å². The van der Waals surface area contributed by atoms with Gasteiger partial charge in [-0.05, 0) is 25.5 Å². The van der Waals surface area contributed by atoms with Crippen LogP contribution in [0.4, 0.5) is 13.2 Å². The predicted molar refractivity (Wildman–Crippen MR) is 65.6 cm³/mol. The van der Waals surface area contributed by atoms with Crippen molar-refractivity contribution in [2.24, 2.45) is 5.41 Å². The average molecular weight is 302 g/mol. The molecule has 2 rings (SSSR count). The number of aromatic nitrogens is 1. The van der Waals surface area contributed by atoms with Gasteiger partial charge in [-0.25, -0.2) is 0 Å². The molecule has 0 saturated carbocycles. The number of carbonyl (C=O) groups excluding carboxylic acids is 1. The summed E-state index contributed by atoms with van der Waals surface area (Å²) in [4.78, 5) is 28.0. The number of amides is 1. The summed E-state index contributed by atoms with van der Waals surface area (Å²) in [7, 11) is 0. The van der Waals surface area contributed by atoms with Gasteiger partial charge in [0, 0.05) is 25.0 Å². The number of likely N-dealkylation sites (tertiary alicyclic amines) is 1. The van der Waals surface area contributed by atoms with Gasteiger partial charge in [-0.15, -0.1) is 0 Å². The number of pyridine rings is 1. The maximum Gasteiger partial charge on any atom is 0.406 e. The second-order valence-electron chi connectivity index (χ2n) is 5.05. The van der Waals surface area contributed by atoms with Crippen LogP contribution in [0, 0.1) is 12.3 Å². The number of nitrogens with zero attached hydrogens (tertiary/aromatic N) is 2. The third kappa shape index (κ3) is 2.57. The molecule has 1 fully saturated rings. The molecule has 114 valence electrons. The summed E-state index contributed by atoms with van der Waals surface area (Å²) in [6.45, 7) is 0.584. The summed E-state index contributed by atoms with van der Waals surface area (Å²) < 4.78 is 39.1. The summed E-state index contributed by atoms with van der Waals surface area (Å²) >= 11 is 0. The topological polar surface area (TPSA) is 70.5 Å². The van der Waals surface area contributed by atoms with Crippen molar-refractivity contribution in [1.29, 1.82) is 0 Å². The Balaban J connectivity index is 2.23. The number of alkyl halides is 3. The number of carboxylic acids is 1. The Morgan fingerprint density at radius 3 is 2.48 bits per heavy atom. The number of aryl methyl sites for hydroxylation is 1. The van der Waals surface area contributed by atoms with E-state index in [2.05, 4.69) is 4.98 Å². The molecule has 8 heteroatoms. The fraction of sp³-hybridized carbons (Fsp3) is 0.462. The third-order valence-electron chi connectivity index (χ3n) is 3.67. The zero-order valence-corrected chi connectivity index (χ0v) is 11.1. The Morgan fingerprint density at radius 2 is 2.05 bits per heavy atom. The second-order valence-corrected chi connectivity index (χ2v) is 5.05. The Labute approximate surface area is 118 Å². The van der Waals surface area contributed by atoms with Crippen LogP contribution in [0.2, 0.25) is 0 Å². The minimum atomic E-state index is -4.90. The molecule has 0 aromatic carbocycles. The van der Waals surface area contributed by atoms with Gasteiger partial charge < -0.3 is 10.0 Å². The predicted octanol–water partition coefficient (Wildman–Crippen LogP) is 1.87. The van der Waals surface area contributed by atoms with Gasteiger partial charge in [-0.2, -0.15) is 13.2 Å². The Morgan fingerprint density at radius 1 is 1.38 bits per heavy atom. The number of carboxylic acid groups (broad SMARTS) is 1. The van der Waals surface area contributed by atoms with Crippen molar-refractivity contribution in [3.63, 3.8) is 0 Å². The molecule has 0 spiro atoms. The molecule has 1 aromatic heterocycles. The molecule has 0 bridgehead atoms. The van der Waals surface area contributed by atoms with Crippen LogP contribution in [0.5, 0.6) is 0 Å². The lowest BCUT2D eigenvalue weighted by atomic mass is 9.86. The van der Waals surface area contributed by atoms with Crippen LogP contribution in [0.15, 0.2) is 18.3 Å². The van der Waals surface area contributed by atoms with Crippen molar-refractivity contribution >= 4 is 11.9 Å². The van der Waals surface area contributed by atoms with Crippen LogP contribution in [0.1, 0.15) is 22.5 Å². The third-order valence-corrected chi connectivity index (χ3v) is 3.67. The molecule has 0 radical (unpaired) electrons. The highest BCUT2D eigenvalue weighted by Crippen LogP contribution is 2.45. The van der Waals surface area contributed by atoms with Crippen LogP contribution >= 0.6 is 0 Å². The molecule has 1 unspecified atom stereocenters. The van der Waals surface area contributed by atoms with Crippen molar-refractivity contribution in [1.82, 2.24) is 9.88 Å². The minimum Gasteiger partial charge on any atom is -0.481 e.